The molecule has 0 radical (unpaired) electrons. The van der Waals surface area contributed by atoms with E-state index in [0.29, 0.717) is 0 Å². The topological polar surface area (TPSA) is 39.1 Å². The van der Waals surface area contributed by atoms with Crippen LogP contribution in [0, 0.1) is 5.82 Å². The molecule has 2 rings (SSSR count). The summed E-state index contributed by atoms with van der Waals surface area (Å²) in [5, 5.41) is 3.32. The molecule has 0 amide bonds. The predicted octanol–water partition coefficient (Wildman–Crippen LogP) is 2.27. The van der Waals surface area contributed by atoms with Crippen molar-refractivity contribution in [3.8, 4) is 5.75 Å². The quantitative estimate of drug-likeness (QED) is 0.899. The predicted molar refractivity (Wildman–Crippen MR) is 71.7 cm³/mol. The van der Waals surface area contributed by atoms with Crippen molar-refractivity contribution in [1.82, 2.24) is 14.9 Å². The van der Waals surface area contributed by atoms with Gasteiger partial charge < -0.3 is 14.6 Å². The summed E-state index contributed by atoms with van der Waals surface area (Å²) in [6, 6.07) is 4.84. The molecule has 4 nitrogen and oxygen atoms in total. The van der Waals surface area contributed by atoms with Gasteiger partial charge in [0.15, 0.2) is 11.6 Å². The molecule has 0 fully saturated rings. The molecule has 1 aromatic heterocycles. The van der Waals surface area contributed by atoms with E-state index in [9.17, 15) is 4.39 Å². The molecule has 1 heterocycles. The van der Waals surface area contributed by atoms with E-state index < -0.39 is 0 Å². The first-order chi connectivity index (χ1) is 9.17. The maximum absolute atomic E-state index is 13.8. The first-order valence-corrected chi connectivity index (χ1v) is 6.21. The van der Waals surface area contributed by atoms with Crippen LogP contribution in [-0.2, 0) is 7.05 Å². The van der Waals surface area contributed by atoms with E-state index in [1.165, 1.54) is 13.2 Å². The number of imidazole rings is 1. The van der Waals surface area contributed by atoms with Crippen LogP contribution in [0.1, 0.15) is 24.4 Å². The van der Waals surface area contributed by atoms with Gasteiger partial charge in [-0.05, 0) is 24.2 Å². The third-order valence-electron chi connectivity index (χ3n) is 3.03. The van der Waals surface area contributed by atoms with Gasteiger partial charge in [0.1, 0.15) is 5.82 Å². The summed E-state index contributed by atoms with van der Waals surface area (Å²) < 4.78 is 20.7. The number of nitrogens with one attached hydrogen (secondary N) is 1. The second-order valence-corrected chi connectivity index (χ2v) is 4.28. The maximum Gasteiger partial charge on any atom is 0.165 e. The van der Waals surface area contributed by atoms with Gasteiger partial charge >= 0.3 is 0 Å². The fourth-order valence-electron chi connectivity index (χ4n) is 2.08. The first kappa shape index (κ1) is 13.5. The van der Waals surface area contributed by atoms with Crippen molar-refractivity contribution in [2.24, 2.45) is 7.05 Å². The number of halogens is 1. The SMILES string of the molecule is CCNC(c1ccc(OC)c(F)c1)c1nccn1C. The number of ether oxygens (including phenoxy) is 1. The molecule has 0 aliphatic rings. The van der Waals surface area contributed by atoms with E-state index in [2.05, 4.69) is 10.3 Å². The molecular weight excluding hydrogens is 245 g/mol. The van der Waals surface area contributed by atoms with Crippen LogP contribution in [0.15, 0.2) is 30.6 Å². The van der Waals surface area contributed by atoms with Crippen molar-refractivity contribution in [1.29, 1.82) is 0 Å². The highest BCUT2D eigenvalue weighted by Gasteiger charge is 2.18. The van der Waals surface area contributed by atoms with E-state index >= 15 is 0 Å². The van der Waals surface area contributed by atoms with Crippen molar-refractivity contribution in [2.75, 3.05) is 13.7 Å². The Morgan fingerprint density at radius 1 is 1.47 bits per heavy atom. The van der Waals surface area contributed by atoms with Crippen LogP contribution in [0.3, 0.4) is 0 Å². The van der Waals surface area contributed by atoms with E-state index in [1.807, 2.05) is 30.8 Å². The molecule has 5 heteroatoms. The molecule has 0 spiro atoms. The van der Waals surface area contributed by atoms with Gasteiger partial charge in [0.05, 0.1) is 13.2 Å². The summed E-state index contributed by atoms with van der Waals surface area (Å²) in [6.07, 6.45) is 3.61. The summed E-state index contributed by atoms with van der Waals surface area (Å²) in [4.78, 5) is 4.33. The molecule has 102 valence electrons. The van der Waals surface area contributed by atoms with Crippen molar-refractivity contribution >= 4 is 0 Å². The van der Waals surface area contributed by atoms with Crippen molar-refractivity contribution in [3.63, 3.8) is 0 Å². The fraction of sp³-hybridized carbons (Fsp3) is 0.357. The number of rotatable bonds is 5. The van der Waals surface area contributed by atoms with Gasteiger partial charge in [-0.3, -0.25) is 0 Å². The van der Waals surface area contributed by atoms with Gasteiger partial charge in [0, 0.05) is 19.4 Å². The number of methoxy groups -OCH3 is 1. The normalized spacial score (nSPS) is 12.4. The van der Waals surface area contributed by atoms with Crippen LogP contribution in [-0.4, -0.2) is 23.2 Å². The number of nitrogens with zero attached hydrogens (tertiary/aromatic N) is 2. The summed E-state index contributed by atoms with van der Waals surface area (Å²) >= 11 is 0. The molecule has 1 atom stereocenters. The minimum atomic E-state index is -0.364. The average Bonchev–Trinajstić information content (AvgIpc) is 2.82. The molecule has 1 unspecified atom stereocenters. The van der Waals surface area contributed by atoms with Crippen molar-refractivity contribution < 1.29 is 9.13 Å². The number of hydrogen-bond acceptors (Lipinski definition) is 3. The Morgan fingerprint density at radius 2 is 2.26 bits per heavy atom. The molecule has 0 saturated heterocycles. The molecule has 0 aliphatic heterocycles. The van der Waals surface area contributed by atoms with Crippen molar-refractivity contribution in [2.45, 2.75) is 13.0 Å². The molecular formula is C14H18FN3O. The number of aromatic nitrogens is 2. The second kappa shape index (κ2) is 5.84. The summed E-state index contributed by atoms with van der Waals surface area (Å²) in [5.41, 5.74) is 0.828. The zero-order chi connectivity index (χ0) is 13.8. The highest BCUT2D eigenvalue weighted by molar-refractivity contribution is 5.33. The van der Waals surface area contributed by atoms with Gasteiger partial charge in [-0.1, -0.05) is 13.0 Å². The standard InChI is InChI=1S/C14H18FN3O/c1-4-16-13(14-17-7-8-18(14)2)10-5-6-12(19-3)11(15)9-10/h5-9,13,16H,4H2,1-3H3. The molecule has 0 aliphatic carbocycles. The third kappa shape index (κ3) is 2.76. The third-order valence-corrected chi connectivity index (χ3v) is 3.03. The van der Waals surface area contributed by atoms with Crippen LogP contribution < -0.4 is 10.1 Å². The Bertz CT molecular complexity index is 553. The van der Waals surface area contributed by atoms with Crippen LogP contribution in [0.2, 0.25) is 0 Å². The first-order valence-electron chi connectivity index (χ1n) is 6.21. The van der Waals surface area contributed by atoms with E-state index in [0.717, 1.165) is 17.9 Å². The Balaban J connectivity index is 2.39. The number of hydrogen-bond donors (Lipinski definition) is 1. The monoisotopic (exact) mass is 263 g/mol. The van der Waals surface area contributed by atoms with Gasteiger partial charge in [-0.25, -0.2) is 9.37 Å². The lowest BCUT2D eigenvalue weighted by molar-refractivity contribution is 0.385. The highest BCUT2D eigenvalue weighted by Crippen LogP contribution is 2.25. The van der Waals surface area contributed by atoms with E-state index in [1.54, 1.807) is 12.3 Å². The van der Waals surface area contributed by atoms with Gasteiger partial charge in [0.25, 0.3) is 0 Å². The van der Waals surface area contributed by atoms with Crippen LogP contribution >= 0.6 is 0 Å². The lowest BCUT2D eigenvalue weighted by Crippen LogP contribution is -2.24. The van der Waals surface area contributed by atoms with Crippen LogP contribution in [0.25, 0.3) is 0 Å². The maximum atomic E-state index is 13.8. The smallest absolute Gasteiger partial charge is 0.165 e. The summed E-state index contributed by atoms with van der Waals surface area (Å²) in [6.45, 7) is 2.78. The second-order valence-electron chi connectivity index (χ2n) is 4.28. The lowest BCUT2D eigenvalue weighted by atomic mass is 10.1. The molecule has 2 aromatic rings. The van der Waals surface area contributed by atoms with E-state index in [4.69, 9.17) is 4.74 Å². The lowest BCUT2D eigenvalue weighted by Gasteiger charge is -2.18. The fourth-order valence-corrected chi connectivity index (χ4v) is 2.08. The molecule has 0 bridgehead atoms. The Labute approximate surface area is 112 Å². The zero-order valence-corrected chi connectivity index (χ0v) is 11.4. The van der Waals surface area contributed by atoms with Gasteiger partial charge in [-0.2, -0.15) is 0 Å². The minimum absolute atomic E-state index is 0.134. The Kier molecular flexibility index (Phi) is 4.16. The summed E-state index contributed by atoms with van der Waals surface area (Å²) in [5.74, 6) is 0.738. The largest absolute Gasteiger partial charge is 0.494 e. The Morgan fingerprint density at radius 3 is 2.79 bits per heavy atom. The number of aryl methyl sites for hydroxylation is 1. The van der Waals surface area contributed by atoms with E-state index in [-0.39, 0.29) is 17.6 Å². The van der Waals surface area contributed by atoms with Crippen molar-refractivity contribution in [3.05, 3.63) is 47.8 Å². The summed E-state index contributed by atoms with van der Waals surface area (Å²) in [7, 11) is 3.38. The molecule has 1 aromatic carbocycles. The number of benzene rings is 1. The van der Waals surface area contributed by atoms with Gasteiger partial charge in [-0.15, -0.1) is 0 Å². The van der Waals surface area contributed by atoms with Crippen LogP contribution in [0.4, 0.5) is 4.39 Å². The molecule has 19 heavy (non-hydrogen) atoms. The average molecular weight is 263 g/mol. The van der Waals surface area contributed by atoms with Gasteiger partial charge in [0.2, 0.25) is 0 Å². The molecule has 0 saturated carbocycles. The zero-order valence-electron chi connectivity index (χ0n) is 11.4. The minimum Gasteiger partial charge on any atom is -0.494 e. The highest BCUT2D eigenvalue weighted by atomic mass is 19.1. The Hall–Kier alpha value is -1.88. The van der Waals surface area contributed by atoms with Crippen LogP contribution in [0.5, 0.6) is 5.75 Å². The molecule has 1 N–H and O–H groups in total.